The van der Waals surface area contributed by atoms with Crippen LogP contribution in [0.1, 0.15) is 10.4 Å². The molecule has 0 atom stereocenters. The Morgan fingerprint density at radius 2 is 1.74 bits per heavy atom. The molecule has 0 unspecified atom stereocenters. The number of amides is 1. The molecule has 0 heterocycles. The van der Waals surface area contributed by atoms with Crippen LogP contribution < -0.4 is 9.64 Å². The zero-order valence-corrected chi connectivity index (χ0v) is 12.3. The van der Waals surface area contributed by atoms with Gasteiger partial charge in [0.05, 0.1) is 12.8 Å². The molecule has 0 aliphatic rings. The van der Waals surface area contributed by atoms with Gasteiger partial charge in [-0.3, -0.25) is 4.79 Å². The number of rotatable bonds is 3. The summed E-state index contributed by atoms with van der Waals surface area (Å²) in [5.74, 6) is 0.604. The van der Waals surface area contributed by atoms with Gasteiger partial charge < -0.3 is 9.64 Å². The summed E-state index contributed by atoms with van der Waals surface area (Å²) >= 11 is 3.35. The monoisotopic (exact) mass is 319 g/mol. The maximum absolute atomic E-state index is 12.4. The van der Waals surface area contributed by atoms with Gasteiger partial charge in [-0.1, -0.05) is 28.1 Å². The smallest absolute Gasteiger partial charge is 0.258 e. The molecule has 2 aromatic rings. The quantitative estimate of drug-likeness (QED) is 0.862. The zero-order valence-electron chi connectivity index (χ0n) is 10.8. The van der Waals surface area contributed by atoms with Crippen LogP contribution in [0.5, 0.6) is 5.75 Å². The fourth-order valence-electron chi connectivity index (χ4n) is 1.80. The first-order valence-electron chi connectivity index (χ1n) is 5.80. The van der Waals surface area contributed by atoms with Crippen LogP contribution in [0.15, 0.2) is 53.0 Å². The van der Waals surface area contributed by atoms with E-state index in [1.807, 2.05) is 36.4 Å². The molecular formula is C15H14BrNO2. The van der Waals surface area contributed by atoms with Gasteiger partial charge in [0.25, 0.3) is 5.91 Å². The van der Waals surface area contributed by atoms with E-state index in [0.717, 1.165) is 10.2 Å². The summed E-state index contributed by atoms with van der Waals surface area (Å²) < 4.78 is 6.22. The van der Waals surface area contributed by atoms with E-state index < -0.39 is 0 Å². The molecule has 0 N–H and O–H groups in total. The van der Waals surface area contributed by atoms with Crippen molar-refractivity contribution in [3.63, 3.8) is 0 Å². The van der Waals surface area contributed by atoms with Gasteiger partial charge in [0.2, 0.25) is 0 Å². The van der Waals surface area contributed by atoms with E-state index in [-0.39, 0.29) is 5.91 Å². The summed E-state index contributed by atoms with van der Waals surface area (Å²) in [6.45, 7) is 0. The van der Waals surface area contributed by atoms with Gasteiger partial charge in [0, 0.05) is 17.1 Å². The van der Waals surface area contributed by atoms with Crippen LogP contribution in [-0.2, 0) is 0 Å². The number of hydrogen-bond donors (Lipinski definition) is 0. The first-order chi connectivity index (χ1) is 9.13. The molecule has 98 valence electrons. The summed E-state index contributed by atoms with van der Waals surface area (Å²) in [4.78, 5) is 14.0. The van der Waals surface area contributed by atoms with Gasteiger partial charge in [-0.05, 0) is 36.4 Å². The molecule has 3 nitrogen and oxygen atoms in total. The number of benzene rings is 2. The number of para-hydroxylation sites is 2. The molecular weight excluding hydrogens is 306 g/mol. The number of anilines is 1. The largest absolute Gasteiger partial charge is 0.495 e. The maximum atomic E-state index is 12.4. The van der Waals surface area contributed by atoms with E-state index in [2.05, 4.69) is 15.9 Å². The minimum atomic E-state index is -0.0722. The van der Waals surface area contributed by atoms with Crippen molar-refractivity contribution in [3.8, 4) is 5.75 Å². The summed E-state index contributed by atoms with van der Waals surface area (Å²) in [6.07, 6.45) is 0. The standard InChI is InChI=1S/C15H14BrNO2/c1-17(13-5-3-4-6-14(13)19-2)15(18)11-7-9-12(16)10-8-11/h3-10H,1-2H3. The molecule has 4 heteroatoms. The molecule has 0 aromatic heterocycles. The maximum Gasteiger partial charge on any atom is 0.258 e. The second-order valence-corrected chi connectivity index (χ2v) is 4.96. The van der Waals surface area contributed by atoms with Gasteiger partial charge in [-0.25, -0.2) is 0 Å². The van der Waals surface area contributed by atoms with Crippen molar-refractivity contribution < 1.29 is 9.53 Å². The normalized spacial score (nSPS) is 10.1. The highest BCUT2D eigenvalue weighted by atomic mass is 79.9. The summed E-state index contributed by atoms with van der Waals surface area (Å²) in [7, 11) is 3.33. The van der Waals surface area contributed by atoms with Crippen LogP contribution in [-0.4, -0.2) is 20.1 Å². The molecule has 0 saturated carbocycles. The van der Waals surface area contributed by atoms with Crippen LogP contribution >= 0.6 is 15.9 Å². The SMILES string of the molecule is COc1ccccc1N(C)C(=O)c1ccc(Br)cc1. The number of carbonyl (C=O) groups excluding carboxylic acids is 1. The van der Waals surface area contributed by atoms with Gasteiger partial charge in [-0.15, -0.1) is 0 Å². The topological polar surface area (TPSA) is 29.5 Å². The Labute approximate surface area is 120 Å². The molecule has 2 rings (SSSR count). The molecule has 0 saturated heterocycles. The predicted octanol–water partition coefficient (Wildman–Crippen LogP) is 3.73. The Kier molecular flexibility index (Phi) is 4.22. The second kappa shape index (κ2) is 5.89. The van der Waals surface area contributed by atoms with Crippen molar-refractivity contribution in [2.24, 2.45) is 0 Å². The third-order valence-corrected chi connectivity index (χ3v) is 3.37. The molecule has 19 heavy (non-hydrogen) atoms. The first-order valence-corrected chi connectivity index (χ1v) is 6.59. The third kappa shape index (κ3) is 2.96. The van der Waals surface area contributed by atoms with Crippen LogP contribution in [0.4, 0.5) is 5.69 Å². The van der Waals surface area contributed by atoms with Crippen LogP contribution in [0.25, 0.3) is 0 Å². The Balaban J connectivity index is 2.30. The number of ether oxygens (including phenoxy) is 1. The lowest BCUT2D eigenvalue weighted by atomic mass is 10.2. The fraction of sp³-hybridized carbons (Fsp3) is 0.133. The summed E-state index contributed by atoms with van der Waals surface area (Å²) in [5, 5.41) is 0. The lowest BCUT2D eigenvalue weighted by Gasteiger charge is -2.19. The van der Waals surface area contributed by atoms with Crippen molar-refractivity contribution in [1.82, 2.24) is 0 Å². The number of hydrogen-bond acceptors (Lipinski definition) is 2. The lowest BCUT2D eigenvalue weighted by molar-refractivity contribution is 0.0992. The van der Waals surface area contributed by atoms with Gasteiger partial charge in [0.1, 0.15) is 5.75 Å². The van der Waals surface area contributed by atoms with Crippen molar-refractivity contribution >= 4 is 27.5 Å². The number of carbonyl (C=O) groups is 1. The average Bonchev–Trinajstić information content (AvgIpc) is 2.46. The molecule has 0 bridgehead atoms. The van der Waals surface area contributed by atoms with E-state index in [1.165, 1.54) is 0 Å². The Morgan fingerprint density at radius 1 is 1.11 bits per heavy atom. The van der Waals surface area contributed by atoms with E-state index >= 15 is 0 Å². The number of halogens is 1. The predicted molar refractivity (Wildman–Crippen MR) is 79.9 cm³/mol. The van der Waals surface area contributed by atoms with Crippen LogP contribution in [0.2, 0.25) is 0 Å². The van der Waals surface area contributed by atoms with E-state index in [1.54, 1.807) is 31.2 Å². The number of nitrogens with zero attached hydrogens (tertiary/aromatic N) is 1. The highest BCUT2D eigenvalue weighted by molar-refractivity contribution is 9.10. The van der Waals surface area contributed by atoms with Crippen LogP contribution in [0, 0.1) is 0 Å². The fourth-order valence-corrected chi connectivity index (χ4v) is 2.07. The minimum Gasteiger partial charge on any atom is -0.495 e. The molecule has 0 fully saturated rings. The van der Waals surface area contributed by atoms with Gasteiger partial charge >= 0.3 is 0 Å². The van der Waals surface area contributed by atoms with Crippen molar-refractivity contribution in [2.45, 2.75) is 0 Å². The summed E-state index contributed by atoms with van der Waals surface area (Å²) in [6, 6.07) is 14.7. The third-order valence-electron chi connectivity index (χ3n) is 2.84. The Hall–Kier alpha value is -1.81. The average molecular weight is 320 g/mol. The van der Waals surface area contributed by atoms with E-state index in [4.69, 9.17) is 4.74 Å². The molecule has 0 spiro atoms. The molecule has 0 aliphatic heterocycles. The van der Waals surface area contributed by atoms with Gasteiger partial charge in [0.15, 0.2) is 0 Å². The van der Waals surface area contributed by atoms with E-state index in [9.17, 15) is 4.79 Å². The highest BCUT2D eigenvalue weighted by Gasteiger charge is 2.16. The van der Waals surface area contributed by atoms with Crippen molar-refractivity contribution in [1.29, 1.82) is 0 Å². The highest BCUT2D eigenvalue weighted by Crippen LogP contribution is 2.27. The van der Waals surface area contributed by atoms with E-state index in [0.29, 0.717) is 11.3 Å². The molecule has 0 aliphatic carbocycles. The minimum absolute atomic E-state index is 0.0722. The van der Waals surface area contributed by atoms with Crippen LogP contribution in [0.3, 0.4) is 0 Å². The Morgan fingerprint density at radius 3 is 2.37 bits per heavy atom. The molecule has 2 aromatic carbocycles. The van der Waals surface area contributed by atoms with Crippen molar-refractivity contribution in [3.05, 3.63) is 58.6 Å². The first kappa shape index (κ1) is 13.6. The number of methoxy groups -OCH3 is 1. The second-order valence-electron chi connectivity index (χ2n) is 4.04. The Bertz CT molecular complexity index is 581. The molecule has 0 radical (unpaired) electrons. The lowest BCUT2D eigenvalue weighted by Crippen LogP contribution is -2.26. The summed E-state index contributed by atoms with van der Waals surface area (Å²) in [5.41, 5.74) is 1.38. The van der Waals surface area contributed by atoms with Gasteiger partial charge in [-0.2, -0.15) is 0 Å². The molecule has 1 amide bonds. The zero-order chi connectivity index (χ0) is 13.8. The van der Waals surface area contributed by atoms with Crippen molar-refractivity contribution in [2.75, 3.05) is 19.1 Å².